The van der Waals surface area contributed by atoms with Gasteiger partial charge in [0.1, 0.15) is 0 Å². The second-order valence-electron chi connectivity index (χ2n) is 18.2. The first-order chi connectivity index (χ1) is 35.7. The number of aromatic nitrogens is 3. The van der Waals surface area contributed by atoms with E-state index in [1.807, 2.05) is 30.3 Å². The predicted molar refractivity (Wildman–Crippen MR) is 301 cm³/mol. The number of nitrogens with zero attached hydrogens (tertiary/aromatic N) is 4. The zero-order valence-electron chi connectivity index (χ0n) is 39.3. The lowest BCUT2D eigenvalue weighted by atomic mass is 9.96. The highest BCUT2D eigenvalue weighted by molar-refractivity contribution is 6.12. The Hall–Kier alpha value is -9.64. The maximum Gasteiger partial charge on any atom is 0.0973 e. The molecule has 72 heavy (non-hydrogen) atoms. The van der Waals surface area contributed by atoms with Gasteiger partial charge in [-0.1, -0.05) is 182 Å². The van der Waals surface area contributed by atoms with Crippen molar-refractivity contribution in [2.45, 2.75) is 0 Å². The average molecular weight is 919 g/mol. The van der Waals surface area contributed by atoms with E-state index in [1.165, 1.54) is 55.3 Å². The monoisotopic (exact) mass is 918 g/mol. The van der Waals surface area contributed by atoms with Crippen molar-refractivity contribution in [2.24, 2.45) is 0 Å². The van der Waals surface area contributed by atoms with Crippen LogP contribution in [0.15, 0.2) is 279 Å². The minimum atomic E-state index is 0.855. The number of hydrogen-bond donors (Lipinski definition) is 0. The van der Waals surface area contributed by atoms with E-state index < -0.39 is 0 Å². The molecule has 0 amide bonds. The summed E-state index contributed by atoms with van der Waals surface area (Å²) < 4.78 is 2.42. The van der Waals surface area contributed by atoms with Gasteiger partial charge in [-0.25, -0.2) is 9.97 Å². The zero-order valence-corrected chi connectivity index (χ0v) is 39.3. The third kappa shape index (κ3) is 7.97. The summed E-state index contributed by atoms with van der Waals surface area (Å²) in [5.41, 5.74) is 21.6. The molecule has 11 aromatic carbocycles. The molecule has 0 saturated heterocycles. The molecule has 0 unspecified atom stereocenters. The summed E-state index contributed by atoms with van der Waals surface area (Å²) in [5, 5.41) is 2.41. The molecular weight excluding hydrogens is 873 g/mol. The Balaban J connectivity index is 0.910. The predicted octanol–water partition coefficient (Wildman–Crippen LogP) is 18.2. The number of para-hydroxylation sites is 3. The van der Waals surface area contributed by atoms with Gasteiger partial charge in [0.25, 0.3) is 0 Å². The van der Waals surface area contributed by atoms with Crippen molar-refractivity contribution in [1.82, 2.24) is 14.5 Å². The Morgan fingerprint density at radius 2 is 0.583 bits per heavy atom. The van der Waals surface area contributed by atoms with Crippen molar-refractivity contribution in [2.75, 3.05) is 4.90 Å². The minimum absolute atomic E-state index is 0.855. The van der Waals surface area contributed by atoms with Gasteiger partial charge in [-0.15, -0.1) is 0 Å². The van der Waals surface area contributed by atoms with Crippen LogP contribution in [0.1, 0.15) is 0 Å². The SMILES string of the molecule is c1ccc(-c2cccc(-c3ccc4c(c3)c3cc(-c5cccc(-c6ccccc6)c5)ccc3n4-c3ccc(N(c4ccccc4)c4ccc(-c5nc6ccccc6nc5-c5ccccc5)cc4)cc3)c2)cc1. The van der Waals surface area contributed by atoms with Crippen LogP contribution in [0.5, 0.6) is 0 Å². The molecule has 0 atom stereocenters. The Bertz CT molecular complexity index is 3910. The van der Waals surface area contributed by atoms with Crippen molar-refractivity contribution in [3.05, 3.63) is 279 Å². The normalized spacial score (nSPS) is 11.3. The largest absolute Gasteiger partial charge is 0.311 e. The standard InChI is InChI=1S/C68H46N4/c1-5-17-47(18-6-1)51-23-15-25-53(43-51)55-33-41-65-61(45-55)62-46-56(54-26-16-24-52(44-54)48-19-7-2-8-20-48)34-42-66(62)72(65)60-39-37-59(38-40-60)71(57-27-11-4-12-28-57)58-35-31-50(32-36-58)68-67(49-21-9-3-10-22-49)69-63-29-13-14-30-64(63)70-68/h1-46H. The molecule has 4 heteroatoms. The molecule has 2 aromatic heterocycles. The third-order valence-corrected chi connectivity index (χ3v) is 13.8. The summed E-state index contributed by atoms with van der Waals surface area (Å²) >= 11 is 0. The molecule has 0 saturated carbocycles. The number of benzene rings is 11. The van der Waals surface area contributed by atoms with Crippen LogP contribution < -0.4 is 4.90 Å². The van der Waals surface area contributed by atoms with E-state index >= 15 is 0 Å². The number of rotatable bonds is 10. The van der Waals surface area contributed by atoms with Crippen molar-refractivity contribution in [1.29, 1.82) is 0 Å². The number of hydrogen-bond acceptors (Lipinski definition) is 3. The molecule has 0 N–H and O–H groups in total. The number of fused-ring (bicyclic) bond motifs is 4. The Morgan fingerprint density at radius 1 is 0.250 bits per heavy atom. The molecule has 0 fully saturated rings. The summed E-state index contributed by atoms with van der Waals surface area (Å²) in [4.78, 5) is 12.6. The zero-order chi connectivity index (χ0) is 47.8. The second-order valence-corrected chi connectivity index (χ2v) is 18.2. The molecule has 0 bridgehead atoms. The summed E-state index contributed by atoms with van der Waals surface area (Å²) in [7, 11) is 0. The van der Waals surface area contributed by atoms with Gasteiger partial charge in [0.15, 0.2) is 0 Å². The van der Waals surface area contributed by atoms with Crippen LogP contribution >= 0.6 is 0 Å². The summed E-state index contributed by atoms with van der Waals surface area (Å²) in [6.07, 6.45) is 0. The average Bonchev–Trinajstić information content (AvgIpc) is 3.79. The fourth-order valence-electron chi connectivity index (χ4n) is 10.2. The summed E-state index contributed by atoms with van der Waals surface area (Å²) in [6, 6.07) is 99.6. The van der Waals surface area contributed by atoms with Crippen LogP contribution in [0.2, 0.25) is 0 Å². The van der Waals surface area contributed by atoms with E-state index in [0.29, 0.717) is 0 Å². The van der Waals surface area contributed by atoms with Gasteiger partial charge >= 0.3 is 0 Å². The van der Waals surface area contributed by atoms with Gasteiger partial charge in [-0.05, 0) is 142 Å². The molecule has 13 aromatic rings. The van der Waals surface area contributed by atoms with Gasteiger partial charge in [0, 0.05) is 44.6 Å². The second kappa shape index (κ2) is 18.4. The highest BCUT2D eigenvalue weighted by Gasteiger charge is 2.19. The van der Waals surface area contributed by atoms with Crippen LogP contribution in [-0.4, -0.2) is 14.5 Å². The van der Waals surface area contributed by atoms with Gasteiger partial charge < -0.3 is 9.47 Å². The van der Waals surface area contributed by atoms with Crippen LogP contribution in [-0.2, 0) is 0 Å². The van der Waals surface area contributed by atoms with Crippen molar-refractivity contribution < 1.29 is 0 Å². The molecule has 0 aliphatic carbocycles. The number of anilines is 3. The maximum absolute atomic E-state index is 5.18. The summed E-state index contributed by atoms with van der Waals surface area (Å²) in [5.74, 6) is 0. The smallest absolute Gasteiger partial charge is 0.0973 e. The molecule has 13 rings (SSSR count). The van der Waals surface area contributed by atoms with Crippen molar-refractivity contribution >= 4 is 49.9 Å². The highest BCUT2D eigenvalue weighted by atomic mass is 15.1. The van der Waals surface area contributed by atoms with E-state index in [4.69, 9.17) is 9.97 Å². The molecule has 0 radical (unpaired) electrons. The van der Waals surface area contributed by atoms with Crippen LogP contribution in [0, 0.1) is 0 Å². The Kier molecular flexibility index (Phi) is 10.8. The first-order valence-corrected chi connectivity index (χ1v) is 24.5. The van der Waals surface area contributed by atoms with E-state index in [2.05, 4.69) is 258 Å². The van der Waals surface area contributed by atoms with Crippen LogP contribution in [0.4, 0.5) is 17.1 Å². The molecule has 4 nitrogen and oxygen atoms in total. The van der Waals surface area contributed by atoms with Crippen molar-refractivity contribution in [3.63, 3.8) is 0 Å². The van der Waals surface area contributed by atoms with E-state index in [-0.39, 0.29) is 0 Å². The lowest BCUT2D eigenvalue weighted by Crippen LogP contribution is -2.10. The van der Waals surface area contributed by atoms with Gasteiger partial charge in [-0.3, -0.25) is 0 Å². The van der Waals surface area contributed by atoms with Crippen LogP contribution in [0.3, 0.4) is 0 Å². The molecule has 0 aliphatic heterocycles. The highest BCUT2D eigenvalue weighted by Crippen LogP contribution is 2.41. The molecule has 0 aliphatic rings. The summed E-state index contributed by atoms with van der Waals surface area (Å²) in [6.45, 7) is 0. The third-order valence-electron chi connectivity index (χ3n) is 13.8. The van der Waals surface area contributed by atoms with Gasteiger partial charge in [-0.2, -0.15) is 0 Å². The van der Waals surface area contributed by atoms with Crippen LogP contribution in [0.25, 0.3) is 106 Å². The first-order valence-electron chi connectivity index (χ1n) is 24.5. The fourth-order valence-corrected chi connectivity index (χ4v) is 10.2. The topological polar surface area (TPSA) is 34.0 Å². The van der Waals surface area contributed by atoms with E-state index in [1.54, 1.807) is 0 Å². The van der Waals surface area contributed by atoms with Gasteiger partial charge in [0.2, 0.25) is 0 Å². The molecule has 2 heterocycles. The lowest BCUT2D eigenvalue weighted by Gasteiger charge is -2.26. The quantitative estimate of drug-likeness (QED) is 0.137. The first kappa shape index (κ1) is 42.5. The Labute approximate surface area is 419 Å². The maximum atomic E-state index is 5.18. The van der Waals surface area contributed by atoms with Crippen molar-refractivity contribution in [3.8, 4) is 72.7 Å². The van der Waals surface area contributed by atoms with E-state index in [0.717, 1.165) is 67.3 Å². The Morgan fingerprint density at radius 3 is 1.06 bits per heavy atom. The molecule has 338 valence electrons. The lowest BCUT2D eigenvalue weighted by molar-refractivity contribution is 1.17. The fraction of sp³-hybridized carbons (Fsp3) is 0. The molecular formula is C68H46N4. The van der Waals surface area contributed by atoms with Gasteiger partial charge in [0.05, 0.1) is 33.5 Å². The molecule has 0 spiro atoms. The van der Waals surface area contributed by atoms with E-state index in [9.17, 15) is 0 Å². The minimum Gasteiger partial charge on any atom is -0.311 e.